The molecular weight excluding hydrogens is 415 g/mol. The summed E-state index contributed by atoms with van der Waals surface area (Å²) >= 11 is 4.41. The Morgan fingerprint density at radius 2 is 2.24 bits per heavy atom. The van der Waals surface area contributed by atoms with Crippen LogP contribution in [0.4, 0.5) is 15.9 Å². The van der Waals surface area contributed by atoms with Crippen LogP contribution in [0.1, 0.15) is 21.2 Å². The molecule has 0 radical (unpaired) electrons. The molecule has 2 heterocycles. The van der Waals surface area contributed by atoms with Crippen LogP contribution in [0.15, 0.2) is 37.7 Å². The molecule has 0 fully saturated rings. The molecule has 2 aromatic heterocycles. The number of carbonyl (C=O) groups is 1. The molecule has 3 rings (SSSR count). The molecule has 0 saturated heterocycles. The lowest BCUT2D eigenvalue weighted by Crippen LogP contribution is -2.19. The monoisotopic (exact) mass is 424 g/mol. The molecule has 0 spiro atoms. The van der Waals surface area contributed by atoms with Crippen molar-refractivity contribution in [2.24, 2.45) is 10.7 Å². The van der Waals surface area contributed by atoms with E-state index >= 15 is 0 Å². The summed E-state index contributed by atoms with van der Waals surface area (Å²) in [7, 11) is 0. The number of anilines is 1. The van der Waals surface area contributed by atoms with E-state index in [1.54, 1.807) is 12.3 Å². The fourth-order valence-corrected chi connectivity index (χ4v) is 2.78. The SMILES string of the molecule is Cc1nc(C(=O)Nc2nonc2C(N)=Nc2ccc(F)c(Br)c2)cs1. The van der Waals surface area contributed by atoms with Gasteiger partial charge in [-0.3, -0.25) is 4.79 Å². The number of aromatic nitrogens is 3. The minimum absolute atomic E-state index is 0.0121. The predicted octanol–water partition coefficient (Wildman–Crippen LogP) is 3.03. The van der Waals surface area contributed by atoms with Crippen LogP contribution in [-0.2, 0) is 0 Å². The number of aliphatic imine (C=N–C) groups is 1. The predicted molar refractivity (Wildman–Crippen MR) is 93.6 cm³/mol. The van der Waals surface area contributed by atoms with Crippen molar-refractivity contribution in [2.75, 3.05) is 5.32 Å². The summed E-state index contributed by atoms with van der Waals surface area (Å²) in [5.41, 5.74) is 6.58. The summed E-state index contributed by atoms with van der Waals surface area (Å²) in [5, 5.41) is 12.1. The molecule has 11 heteroatoms. The Morgan fingerprint density at radius 3 is 2.92 bits per heavy atom. The minimum atomic E-state index is -0.473. The van der Waals surface area contributed by atoms with Crippen molar-refractivity contribution in [3.63, 3.8) is 0 Å². The number of rotatable bonds is 4. The van der Waals surface area contributed by atoms with Gasteiger partial charge in [-0.05, 0) is 51.4 Å². The molecule has 0 saturated carbocycles. The molecule has 3 aromatic rings. The van der Waals surface area contributed by atoms with E-state index in [0.717, 1.165) is 5.01 Å². The number of nitrogens with one attached hydrogen (secondary N) is 1. The maximum Gasteiger partial charge on any atom is 0.276 e. The topological polar surface area (TPSA) is 119 Å². The summed E-state index contributed by atoms with van der Waals surface area (Å²) in [4.78, 5) is 20.3. The lowest BCUT2D eigenvalue weighted by molar-refractivity contribution is 0.102. The molecule has 0 bridgehead atoms. The Hall–Kier alpha value is -2.66. The van der Waals surface area contributed by atoms with Crippen molar-refractivity contribution < 1.29 is 13.8 Å². The van der Waals surface area contributed by atoms with Crippen LogP contribution in [0.25, 0.3) is 0 Å². The molecule has 0 atom stereocenters. The molecule has 0 aliphatic carbocycles. The van der Waals surface area contributed by atoms with E-state index in [9.17, 15) is 9.18 Å². The van der Waals surface area contributed by atoms with Crippen LogP contribution in [0, 0.1) is 12.7 Å². The molecule has 128 valence electrons. The van der Waals surface area contributed by atoms with Gasteiger partial charge in [0.1, 0.15) is 11.5 Å². The molecule has 0 aliphatic heterocycles. The fraction of sp³-hybridized carbons (Fsp3) is 0.0714. The molecule has 8 nitrogen and oxygen atoms in total. The molecule has 0 aliphatic rings. The van der Waals surface area contributed by atoms with Gasteiger partial charge in [-0.1, -0.05) is 0 Å². The number of nitrogens with two attached hydrogens (primary N) is 1. The first-order chi connectivity index (χ1) is 11.9. The van der Waals surface area contributed by atoms with Gasteiger partial charge >= 0.3 is 0 Å². The van der Waals surface area contributed by atoms with Gasteiger partial charge in [0.15, 0.2) is 11.5 Å². The van der Waals surface area contributed by atoms with E-state index in [2.05, 4.69) is 46.2 Å². The first-order valence-corrected chi connectivity index (χ1v) is 8.47. The lowest BCUT2D eigenvalue weighted by Gasteiger charge is -2.02. The average Bonchev–Trinajstić information content (AvgIpc) is 3.20. The Kier molecular flexibility index (Phi) is 4.86. The number of amidine groups is 1. The number of nitrogens with zero attached hydrogens (tertiary/aromatic N) is 4. The molecule has 1 amide bonds. The van der Waals surface area contributed by atoms with Gasteiger partial charge in [-0.2, -0.15) is 0 Å². The van der Waals surface area contributed by atoms with E-state index in [4.69, 9.17) is 5.73 Å². The molecular formula is C14H10BrFN6O2S. The maximum atomic E-state index is 13.3. The zero-order valence-corrected chi connectivity index (χ0v) is 15.1. The number of carbonyl (C=O) groups excluding carboxylic acids is 1. The van der Waals surface area contributed by atoms with Crippen LogP contribution in [-0.4, -0.2) is 27.0 Å². The molecule has 0 unspecified atom stereocenters. The third-order valence-electron chi connectivity index (χ3n) is 2.97. The van der Waals surface area contributed by atoms with Crippen molar-refractivity contribution in [1.29, 1.82) is 0 Å². The number of hydrogen-bond acceptors (Lipinski definition) is 7. The largest absolute Gasteiger partial charge is 0.382 e. The first-order valence-electron chi connectivity index (χ1n) is 6.79. The van der Waals surface area contributed by atoms with E-state index < -0.39 is 11.7 Å². The normalized spacial score (nSPS) is 11.6. The summed E-state index contributed by atoms with van der Waals surface area (Å²) < 4.78 is 18.1. The van der Waals surface area contributed by atoms with Crippen LogP contribution >= 0.6 is 27.3 Å². The molecule has 3 N–H and O–H groups in total. The van der Waals surface area contributed by atoms with Gasteiger partial charge in [-0.25, -0.2) is 19.0 Å². The second-order valence-electron chi connectivity index (χ2n) is 4.76. The maximum absolute atomic E-state index is 13.3. The Balaban J connectivity index is 1.84. The fourth-order valence-electron chi connectivity index (χ4n) is 1.82. The van der Waals surface area contributed by atoms with Crippen LogP contribution in [0.3, 0.4) is 0 Å². The van der Waals surface area contributed by atoms with Crippen molar-refractivity contribution >= 4 is 50.5 Å². The van der Waals surface area contributed by atoms with E-state index in [1.807, 2.05) is 0 Å². The highest BCUT2D eigenvalue weighted by Crippen LogP contribution is 2.23. The third kappa shape index (κ3) is 3.88. The zero-order valence-electron chi connectivity index (χ0n) is 12.7. The van der Waals surface area contributed by atoms with Crippen LogP contribution in [0.2, 0.25) is 0 Å². The smallest absolute Gasteiger partial charge is 0.276 e. The lowest BCUT2D eigenvalue weighted by atomic mass is 10.3. The van der Waals surface area contributed by atoms with Crippen LogP contribution < -0.4 is 11.1 Å². The number of amides is 1. The van der Waals surface area contributed by atoms with E-state index in [1.165, 1.54) is 29.5 Å². The van der Waals surface area contributed by atoms with Crippen LogP contribution in [0.5, 0.6) is 0 Å². The number of aryl methyl sites for hydroxylation is 1. The number of halogens is 2. The molecule has 25 heavy (non-hydrogen) atoms. The number of thiazole rings is 1. The van der Waals surface area contributed by atoms with Gasteiger partial charge in [0.25, 0.3) is 5.91 Å². The standard InChI is InChI=1S/C14H10BrFN6O2S/c1-6-18-10(5-25-6)14(23)20-13-11(21-24-22-13)12(17)19-7-2-3-9(16)8(15)4-7/h2-5H,1H3,(H2,17,19)(H,20,22,23). The third-order valence-corrected chi connectivity index (χ3v) is 4.35. The Bertz CT molecular complexity index is 970. The number of hydrogen-bond donors (Lipinski definition) is 2. The van der Waals surface area contributed by atoms with Gasteiger partial charge in [0.05, 0.1) is 15.2 Å². The Labute approximate surface area is 153 Å². The summed E-state index contributed by atoms with van der Waals surface area (Å²) in [5.74, 6) is -0.937. The van der Waals surface area contributed by atoms with Crippen molar-refractivity contribution in [3.05, 3.63) is 50.3 Å². The van der Waals surface area contributed by atoms with Gasteiger partial charge in [0.2, 0.25) is 5.82 Å². The summed E-state index contributed by atoms with van der Waals surface area (Å²) in [6, 6.07) is 4.13. The van der Waals surface area contributed by atoms with Gasteiger partial charge < -0.3 is 11.1 Å². The van der Waals surface area contributed by atoms with Crippen molar-refractivity contribution in [1.82, 2.24) is 15.3 Å². The van der Waals surface area contributed by atoms with Gasteiger partial charge in [0, 0.05) is 5.38 Å². The first kappa shape index (κ1) is 17.2. The quantitative estimate of drug-likeness (QED) is 0.490. The zero-order chi connectivity index (χ0) is 18.0. The highest BCUT2D eigenvalue weighted by Gasteiger charge is 2.19. The summed E-state index contributed by atoms with van der Waals surface area (Å²) in [6.45, 7) is 1.79. The van der Waals surface area contributed by atoms with Gasteiger partial charge in [-0.15, -0.1) is 11.3 Å². The molecule has 1 aromatic carbocycles. The Morgan fingerprint density at radius 1 is 1.44 bits per heavy atom. The average molecular weight is 425 g/mol. The minimum Gasteiger partial charge on any atom is -0.382 e. The van der Waals surface area contributed by atoms with E-state index in [-0.39, 0.29) is 27.5 Å². The highest BCUT2D eigenvalue weighted by molar-refractivity contribution is 9.10. The van der Waals surface area contributed by atoms with E-state index in [0.29, 0.717) is 5.69 Å². The second kappa shape index (κ2) is 7.07. The van der Waals surface area contributed by atoms with Crippen molar-refractivity contribution in [2.45, 2.75) is 6.92 Å². The van der Waals surface area contributed by atoms with Crippen molar-refractivity contribution in [3.8, 4) is 0 Å². The number of benzene rings is 1. The second-order valence-corrected chi connectivity index (χ2v) is 6.68. The summed E-state index contributed by atoms with van der Waals surface area (Å²) in [6.07, 6.45) is 0. The highest BCUT2D eigenvalue weighted by atomic mass is 79.9.